The number of anilines is 1. The lowest BCUT2D eigenvalue weighted by atomic mass is 10.1. The smallest absolute Gasteiger partial charge is 0.261 e. The van der Waals surface area contributed by atoms with Crippen molar-refractivity contribution in [2.24, 2.45) is 0 Å². The first kappa shape index (κ1) is 21.1. The number of nitrogens with one attached hydrogen (secondary N) is 1. The molecule has 0 radical (unpaired) electrons. The van der Waals surface area contributed by atoms with Crippen LogP contribution in [0.4, 0.5) is 10.1 Å². The van der Waals surface area contributed by atoms with Gasteiger partial charge in [0.2, 0.25) is 0 Å². The van der Waals surface area contributed by atoms with Crippen molar-refractivity contribution >= 4 is 21.6 Å². The predicted molar refractivity (Wildman–Crippen MR) is 118 cm³/mol. The van der Waals surface area contributed by atoms with E-state index in [4.69, 9.17) is 0 Å². The van der Waals surface area contributed by atoms with Crippen LogP contribution in [0, 0.1) is 12.7 Å². The first-order valence-corrected chi connectivity index (χ1v) is 11.5. The van der Waals surface area contributed by atoms with Crippen molar-refractivity contribution in [1.82, 2.24) is 4.90 Å². The molecular formula is C24H23FN2O3S. The lowest BCUT2D eigenvalue weighted by Gasteiger charge is -2.25. The molecule has 0 fully saturated rings. The van der Waals surface area contributed by atoms with Crippen LogP contribution < -0.4 is 4.72 Å². The van der Waals surface area contributed by atoms with Gasteiger partial charge in [-0.1, -0.05) is 24.3 Å². The van der Waals surface area contributed by atoms with Gasteiger partial charge in [-0.15, -0.1) is 0 Å². The summed E-state index contributed by atoms with van der Waals surface area (Å²) in [6.07, 6.45) is 1.83. The topological polar surface area (TPSA) is 66.5 Å². The quantitative estimate of drug-likeness (QED) is 0.628. The first-order valence-electron chi connectivity index (χ1n) is 10.0. The highest BCUT2D eigenvalue weighted by atomic mass is 32.2. The van der Waals surface area contributed by atoms with E-state index in [0.717, 1.165) is 18.9 Å². The van der Waals surface area contributed by atoms with Crippen LogP contribution in [-0.2, 0) is 16.4 Å². The number of fused-ring (bicyclic) bond motifs is 1. The second-order valence-corrected chi connectivity index (χ2v) is 9.45. The van der Waals surface area contributed by atoms with E-state index in [1.165, 1.54) is 30.2 Å². The number of carbonyl (C=O) groups excluding carboxylic acids is 1. The summed E-state index contributed by atoms with van der Waals surface area (Å²) < 4.78 is 41.1. The summed E-state index contributed by atoms with van der Waals surface area (Å²) in [6, 6.07) is 18.1. The summed E-state index contributed by atoms with van der Waals surface area (Å²) in [5.74, 6) is -0.582. The number of benzene rings is 3. The van der Waals surface area contributed by atoms with E-state index in [0.29, 0.717) is 11.3 Å². The lowest BCUT2D eigenvalue weighted by Crippen LogP contribution is -2.30. The Labute approximate surface area is 181 Å². The van der Waals surface area contributed by atoms with Crippen molar-refractivity contribution in [1.29, 1.82) is 0 Å². The molecule has 1 amide bonds. The van der Waals surface area contributed by atoms with Crippen LogP contribution in [0.5, 0.6) is 0 Å². The molecule has 0 saturated heterocycles. The fourth-order valence-corrected chi connectivity index (χ4v) is 5.10. The minimum Gasteiger partial charge on any atom is -0.335 e. The van der Waals surface area contributed by atoms with Crippen molar-refractivity contribution in [3.63, 3.8) is 0 Å². The summed E-state index contributed by atoms with van der Waals surface area (Å²) in [6.45, 7) is 1.51. The molecule has 1 atom stereocenters. The molecule has 0 aliphatic heterocycles. The Morgan fingerprint density at radius 3 is 2.48 bits per heavy atom. The van der Waals surface area contributed by atoms with Crippen LogP contribution in [0.3, 0.4) is 0 Å². The Kier molecular flexibility index (Phi) is 5.54. The normalized spacial score (nSPS) is 15.4. The second kappa shape index (κ2) is 8.15. The van der Waals surface area contributed by atoms with Crippen molar-refractivity contribution in [2.75, 3.05) is 11.8 Å². The predicted octanol–water partition coefficient (Wildman–Crippen LogP) is 4.69. The van der Waals surface area contributed by atoms with E-state index in [1.807, 2.05) is 12.1 Å². The highest BCUT2D eigenvalue weighted by Crippen LogP contribution is 2.35. The van der Waals surface area contributed by atoms with Gasteiger partial charge in [-0.05, 0) is 78.9 Å². The fraction of sp³-hybridized carbons (Fsp3) is 0.208. The van der Waals surface area contributed by atoms with Crippen molar-refractivity contribution in [2.45, 2.75) is 30.7 Å². The SMILES string of the molecule is Cc1cc(S(=O)(=O)Nc2ccc(C(=O)N(C)C3CCc4ccccc43)cc2)ccc1F. The van der Waals surface area contributed by atoms with Gasteiger partial charge in [0.05, 0.1) is 10.9 Å². The zero-order chi connectivity index (χ0) is 22.2. The van der Waals surface area contributed by atoms with Crippen LogP contribution >= 0.6 is 0 Å². The molecule has 0 aromatic heterocycles. The third kappa shape index (κ3) is 4.18. The summed E-state index contributed by atoms with van der Waals surface area (Å²) in [4.78, 5) is 14.7. The average molecular weight is 439 g/mol. The minimum absolute atomic E-state index is 0.0221. The Morgan fingerprint density at radius 1 is 1.06 bits per heavy atom. The maximum atomic E-state index is 13.4. The van der Waals surface area contributed by atoms with Crippen LogP contribution in [0.2, 0.25) is 0 Å². The molecular weight excluding hydrogens is 415 g/mol. The Bertz CT molecular complexity index is 1240. The minimum atomic E-state index is -3.86. The molecule has 1 unspecified atom stereocenters. The van der Waals surface area contributed by atoms with E-state index >= 15 is 0 Å². The van der Waals surface area contributed by atoms with Crippen molar-refractivity contribution in [3.8, 4) is 0 Å². The molecule has 4 rings (SSSR count). The Hall–Kier alpha value is -3.19. The molecule has 3 aromatic carbocycles. The maximum Gasteiger partial charge on any atom is 0.261 e. The van der Waals surface area contributed by atoms with Crippen LogP contribution in [0.25, 0.3) is 0 Å². The standard InChI is InChI=1S/C24H23FN2O3S/c1-16-15-20(12-13-22(16)25)31(29,30)26-19-10-7-18(8-11-19)24(28)27(2)23-14-9-17-5-3-4-6-21(17)23/h3-8,10-13,15,23,26H,9,14H2,1-2H3. The monoisotopic (exact) mass is 438 g/mol. The average Bonchev–Trinajstić information content (AvgIpc) is 3.19. The van der Waals surface area contributed by atoms with E-state index in [2.05, 4.69) is 16.9 Å². The number of rotatable bonds is 5. The Balaban J connectivity index is 1.49. The van der Waals surface area contributed by atoms with Crippen molar-refractivity contribution < 1.29 is 17.6 Å². The van der Waals surface area contributed by atoms with Crippen LogP contribution in [0.1, 0.15) is 39.5 Å². The van der Waals surface area contributed by atoms with Gasteiger partial charge in [0.15, 0.2) is 0 Å². The largest absolute Gasteiger partial charge is 0.335 e. The zero-order valence-electron chi connectivity index (χ0n) is 17.3. The number of aryl methyl sites for hydroxylation is 2. The molecule has 0 saturated carbocycles. The van der Waals surface area contributed by atoms with Gasteiger partial charge in [0.1, 0.15) is 5.82 Å². The van der Waals surface area contributed by atoms with Gasteiger partial charge in [-0.2, -0.15) is 0 Å². The van der Waals surface area contributed by atoms with Gasteiger partial charge in [0.25, 0.3) is 15.9 Å². The van der Waals surface area contributed by atoms with E-state index in [1.54, 1.807) is 36.2 Å². The molecule has 1 N–H and O–H groups in total. The summed E-state index contributed by atoms with van der Waals surface area (Å²) in [7, 11) is -2.07. The summed E-state index contributed by atoms with van der Waals surface area (Å²) >= 11 is 0. The number of hydrogen-bond donors (Lipinski definition) is 1. The number of amides is 1. The number of halogens is 1. The van der Waals surface area contributed by atoms with Gasteiger partial charge in [0, 0.05) is 18.3 Å². The van der Waals surface area contributed by atoms with Gasteiger partial charge in [-0.3, -0.25) is 9.52 Å². The summed E-state index contributed by atoms with van der Waals surface area (Å²) in [5.41, 5.74) is 3.51. The first-order chi connectivity index (χ1) is 14.8. The third-order valence-electron chi connectivity index (χ3n) is 5.71. The number of carbonyl (C=O) groups is 1. The number of hydrogen-bond acceptors (Lipinski definition) is 3. The Morgan fingerprint density at radius 2 is 1.77 bits per heavy atom. The molecule has 1 aliphatic carbocycles. The van der Waals surface area contributed by atoms with Crippen molar-refractivity contribution in [3.05, 3.63) is 94.8 Å². The van der Waals surface area contributed by atoms with E-state index in [9.17, 15) is 17.6 Å². The van der Waals surface area contributed by atoms with Gasteiger partial charge in [-0.25, -0.2) is 12.8 Å². The summed E-state index contributed by atoms with van der Waals surface area (Å²) in [5, 5.41) is 0. The van der Waals surface area contributed by atoms with Crippen LogP contribution in [0.15, 0.2) is 71.6 Å². The molecule has 7 heteroatoms. The van der Waals surface area contributed by atoms with E-state index < -0.39 is 15.8 Å². The third-order valence-corrected chi connectivity index (χ3v) is 7.09. The molecule has 1 aliphatic rings. The molecule has 160 valence electrons. The number of sulfonamides is 1. The molecule has 0 bridgehead atoms. The van der Waals surface area contributed by atoms with Gasteiger partial charge >= 0.3 is 0 Å². The van der Waals surface area contributed by atoms with E-state index in [-0.39, 0.29) is 22.4 Å². The second-order valence-electron chi connectivity index (χ2n) is 7.76. The maximum absolute atomic E-state index is 13.4. The molecule has 0 spiro atoms. The molecule has 31 heavy (non-hydrogen) atoms. The zero-order valence-corrected chi connectivity index (χ0v) is 18.1. The molecule has 5 nitrogen and oxygen atoms in total. The van der Waals surface area contributed by atoms with Gasteiger partial charge < -0.3 is 4.90 Å². The fourth-order valence-electron chi connectivity index (χ4n) is 3.96. The lowest BCUT2D eigenvalue weighted by molar-refractivity contribution is 0.0730. The number of nitrogens with zero attached hydrogens (tertiary/aromatic N) is 1. The molecule has 0 heterocycles. The molecule has 3 aromatic rings. The van der Waals surface area contributed by atoms with Crippen LogP contribution in [-0.4, -0.2) is 26.3 Å². The highest BCUT2D eigenvalue weighted by molar-refractivity contribution is 7.92. The highest BCUT2D eigenvalue weighted by Gasteiger charge is 2.28.